The van der Waals surface area contributed by atoms with Crippen molar-refractivity contribution in [3.05, 3.63) is 63.7 Å². The molecule has 1 saturated heterocycles. The van der Waals surface area contributed by atoms with Crippen LogP contribution in [-0.4, -0.2) is 49.7 Å². The van der Waals surface area contributed by atoms with Gasteiger partial charge in [-0.2, -0.15) is 9.41 Å². The van der Waals surface area contributed by atoms with Crippen molar-refractivity contribution in [2.24, 2.45) is 5.10 Å². The van der Waals surface area contributed by atoms with Gasteiger partial charge in [0.25, 0.3) is 5.69 Å². The van der Waals surface area contributed by atoms with Crippen LogP contribution in [-0.2, 0) is 21.2 Å². The van der Waals surface area contributed by atoms with Crippen molar-refractivity contribution < 1.29 is 18.1 Å². The summed E-state index contributed by atoms with van der Waals surface area (Å²) in [5.74, 6) is 0. The molecule has 0 bridgehead atoms. The number of nitrogens with one attached hydrogen (secondary N) is 1. The second kappa shape index (κ2) is 7.90. The van der Waals surface area contributed by atoms with Crippen LogP contribution in [0.3, 0.4) is 0 Å². The summed E-state index contributed by atoms with van der Waals surface area (Å²) in [6, 6.07) is 11.6. The second-order valence-electron chi connectivity index (χ2n) is 6.78. The van der Waals surface area contributed by atoms with Gasteiger partial charge in [0.1, 0.15) is 4.90 Å². The number of sulfonamides is 1. The zero-order valence-corrected chi connectivity index (χ0v) is 16.4. The first-order valence-corrected chi connectivity index (χ1v) is 10.7. The van der Waals surface area contributed by atoms with E-state index in [0.717, 1.165) is 30.2 Å². The smallest absolute Gasteiger partial charge is 0.270 e. The van der Waals surface area contributed by atoms with Gasteiger partial charge in [-0.15, -0.1) is 0 Å². The summed E-state index contributed by atoms with van der Waals surface area (Å²) >= 11 is 0. The van der Waals surface area contributed by atoms with E-state index in [4.69, 9.17) is 4.74 Å². The molecule has 10 heteroatoms. The van der Waals surface area contributed by atoms with Crippen LogP contribution in [0.1, 0.15) is 17.5 Å². The number of aryl methyl sites for hydroxylation is 1. The van der Waals surface area contributed by atoms with Crippen molar-refractivity contribution >= 4 is 27.1 Å². The fraction of sp³-hybridized carbons (Fsp3) is 0.316. The Kier molecular flexibility index (Phi) is 5.31. The maximum absolute atomic E-state index is 13.1. The molecule has 0 atom stereocenters. The van der Waals surface area contributed by atoms with Gasteiger partial charge in [-0.05, 0) is 24.5 Å². The number of anilines is 1. The van der Waals surface area contributed by atoms with E-state index in [2.05, 4.69) is 10.5 Å². The first kappa shape index (κ1) is 19.5. The third-order valence-electron chi connectivity index (χ3n) is 5.03. The van der Waals surface area contributed by atoms with Crippen LogP contribution in [0.15, 0.2) is 52.5 Å². The van der Waals surface area contributed by atoms with E-state index < -0.39 is 14.9 Å². The van der Waals surface area contributed by atoms with Gasteiger partial charge in [0.05, 0.1) is 29.5 Å². The van der Waals surface area contributed by atoms with E-state index in [1.54, 1.807) is 0 Å². The Morgan fingerprint density at radius 2 is 1.86 bits per heavy atom. The van der Waals surface area contributed by atoms with Gasteiger partial charge in [0.15, 0.2) is 0 Å². The highest BCUT2D eigenvalue weighted by molar-refractivity contribution is 7.89. The molecule has 2 aromatic carbocycles. The average Bonchev–Trinajstić information content (AvgIpc) is 3.16. The number of morpholine rings is 1. The van der Waals surface area contributed by atoms with E-state index in [1.165, 1.54) is 22.0 Å². The number of hydrazone groups is 1. The maximum Gasteiger partial charge on any atom is 0.270 e. The Bertz CT molecular complexity index is 1080. The first-order chi connectivity index (χ1) is 14.0. The fourth-order valence-corrected chi connectivity index (χ4v) is 5.08. The summed E-state index contributed by atoms with van der Waals surface area (Å²) in [5, 5.41) is 15.6. The van der Waals surface area contributed by atoms with Crippen molar-refractivity contribution in [1.29, 1.82) is 0 Å². The molecule has 0 aromatic heterocycles. The molecule has 0 amide bonds. The fourth-order valence-electron chi connectivity index (χ4n) is 3.51. The lowest BCUT2D eigenvalue weighted by Crippen LogP contribution is -2.40. The molecule has 1 aliphatic heterocycles. The molecule has 1 heterocycles. The number of nitro benzene ring substituents is 1. The zero-order chi connectivity index (χ0) is 20.4. The minimum absolute atomic E-state index is 0.163. The van der Waals surface area contributed by atoms with Gasteiger partial charge < -0.3 is 4.74 Å². The molecule has 0 spiro atoms. The summed E-state index contributed by atoms with van der Waals surface area (Å²) in [4.78, 5) is 10.4. The molecule has 29 heavy (non-hydrogen) atoms. The standard InChI is InChI=1S/C19H20N4O5S/c24-23(25)15-6-8-18(19(13-15)29(26,27)22-9-11-28-12-10-22)21-20-17-7-5-14-3-1-2-4-16(14)17/h1-4,6,8,13,21H,5,7,9-12H2. The number of non-ortho nitro benzene ring substituents is 1. The summed E-state index contributed by atoms with van der Waals surface area (Å²) in [5.41, 5.74) is 5.80. The van der Waals surface area contributed by atoms with Crippen molar-refractivity contribution in [3.63, 3.8) is 0 Å². The Morgan fingerprint density at radius 1 is 1.10 bits per heavy atom. The van der Waals surface area contributed by atoms with Crippen molar-refractivity contribution in [3.8, 4) is 0 Å². The molecule has 1 aliphatic carbocycles. The normalized spacial score (nSPS) is 18.6. The Hall–Kier alpha value is -2.82. The van der Waals surface area contributed by atoms with E-state index in [9.17, 15) is 18.5 Å². The number of hydrogen-bond donors (Lipinski definition) is 1. The summed E-state index contributed by atoms with van der Waals surface area (Å²) in [7, 11) is -3.94. The van der Waals surface area contributed by atoms with Crippen molar-refractivity contribution in [2.75, 3.05) is 31.7 Å². The summed E-state index contributed by atoms with van der Waals surface area (Å²) in [6.45, 7) is 0.977. The lowest BCUT2D eigenvalue weighted by atomic mass is 10.1. The molecule has 0 saturated carbocycles. The van der Waals surface area contributed by atoms with E-state index in [0.29, 0.717) is 0 Å². The Labute approximate surface area is 168 Å². The minimum Gasteiger partial charge on any atom is -0.379 e. The van der Waals surface area contributed by atoms with Crippen LogP contribution in [0, 0.1) is 10.1 Å². The van der Waals surface area contributed by atoms with Gasteiger partial charge in [-0.3, -0.25) is 15.5 Å². The summed E-state index contributed by atoms with van der Waals surface area (Å²) in [6.07, 6.45) is 1.61. The molecule has 2 aromatic rings. The van der Waals surface area contributed by atoms with E-state index in [-0.39, 0.29) is 42.6 Å². The molecule has 1 fully saturated rings. The van der Waals surface area contributed by atoms with E-state index >= 15 is 0 Å². The molecule has 9 nitrogen and oxygen atoms in total. The van der Waals surface area contributed by atoms with Gasteiger partial charge >= 0.3 is 0 Å². The topological polar surface area (TPSA) is 114 Å². The van der Waals surface area contributed by atoms with Gasteiger partial charge in [0, 0.05) is 30.8 Å². The SMILES string of the molecule is O=[N+]([O-])c1ccc(NN=C2CCc3ccccc32)c(S(=O)(=O)N2CCOCC2)c1. The van der Waals surface area contributed by atoms with Crippen LogP contribution in [0.4, 0.5) is 11.4 Å². The first-order valence-electron chi connectivity index (χ1n) is 9.24. The number of hydrogen-bond acceptors (Lipinski definition) is 7. The van der Waals surface area contributed by atoms with Gasteiger partial charge in [-0.25, -0.2) is 8.42 Å². The van der Waals surface area contributed by atoms with Gasteiger partial charge in [0.2, 0.25) is 10.0 Å². The molecule has 152 valence electrons. The molecular formula is C19H20N4O5S. The predicted octanol–water partition coefficient (Wildman–Crippen LogP) is 2.38. The Balaban J connectivity index is 1.70. The molecule has 1 N–H and O–H groups in total. The molecule has 4 rings (SSSR count). The van der Waals surface area contributed by atoms with Crippen molar-refractivity contribution in [1.82, 2.24) is 4.31 Å². The molecular weight excluding hydrogens is 396 g/mol. The lowest BCUT2D eigenvalue weighted by molar-refractivity contribution is -0.385. The zero-order valence-electron chi connectivity index (χ0n) is 15.6. The molecule has 0 unspecified atom stereocenters. The highest BCUT2D eigenvalue weighted by atomic mass is 32.2. The van der Waals surface area contributed by atoms with Crippen LogP contribution < -0.4 is 5.43 Å². The third kappa shape index (κ3) is 3.86. The van der Waals surface area contributed by atoms with Crippen LogP contribution in [0.5, 0.6) is 0 Å². The third-order valence-corrected chi connectivity index (χ3v) is 6.97. The number of benzene rings is 2. The number of rotatable bonds is 5. The monoisotopic (exact) mass is 416 g/mol. The number of ether oxygens (including phenoxy) is 1. The maximum atomic E-state index is 13.1. The quantitative estimate of drug-likeness (QED) is 0.591. The lowest BCUT2D eigenvalue weighted by Gasteiger charge is -2.26. The highest BCUT2D eigenvalue weighted by Gasteiger charge is 2.30. The van der Waals surface area contributed by atoms with Crippen LogP contribution >= 0.6 is 0 Å². The largest absolute Gasteiger partial charge is 0.379 e. The Morgan fingerprint density at radius 3 is 2.62 bits per heavy atom. The second-order valence-corrected chi connectivity index (χ2v) is 8.69. The van der Waals surface area contributed by atoms with E-state index in [1.807, 2.05) is 24.3 Å². The minimum atomic E-state index is -3.94. The predicted molar refractivity (Wildman–Crippen MR) is 108 cm³/mol. The number of nitro groups is 1. The highest BCUT2D eigenvalue weighted by Crippen LogP contribution is 2.30. The molecule has 2 aliphatic rings. The van der Waals surface area contributed by atoms with Crippen LogP contribution in [0.2, 0.25) is 0 Å². The molecule has 0 radical (unpaired) electrons. The van der Waals surface area contributed by atoms with Crippen LogP contribution in [0.25, 0.3) is 0 Å². The summed E-state index contributed by atoms with van der Waals surface area (Å²) < 4.78 is 32.8. The average molecular weight is 416 g/mol. The van der Waals surface area contributed by atoms with Gasteiger partial charge in [-0.1, -0.05) is 24.3 Å². The number of nitrogens with zero attached hydrogens (tertiary/aromatic N) is 3. The van der Waals surface area contributed by atoms with Crippen molar-refractivity contribution in [2.45, 2.75) is 17.7 Å². The number of fused-ring (bicyclic) bond motifs is 1.